The van der Waals surface area contributed by atoms with Crippen molar-refractivity contribution in [3.63, 3.8) is 0 Å². The summed E-state index contributed by atoms with van der Waals surface area (Å²) in [6.45, 7) is 3.08. The fraction of sp³-hybridized carbons (Fsp3) is 0.571. The van der Waals surface area contributed by atoms with Gasteiger partial charge in [-0.2, -0.15) is 0 Å². The third kappa shape index (κ3) is 2.93. The predicted molar refractivity (Wildman–Crippen MR) is 74.7 cm³/mol. The van der Waals surface area contributed by atoms with Crippen LogP contribution in [0.2, 0.25) is 5.02 Å². The number of benzene rings is 1. The van der Waals surface area contributed by atoms with Gasteiger partial charge < -0.3 is 10.6 Å². The zero-order chi connectivity index (χ0) is 12.4. The predicted octanol–water partition coefficient (Wildman–Crippen LogP) is 3.60. The molecule has 0 radical (unpaired) electrons. The van der Waals surface area contributed by atoms with Crippen LogP contribution in [-0.2, 0) is 0 Å². The van der Waals surface area contributed by atoms with Crippen LogP contribution < -0.4 is 10.6 Å². The first-order chi connectivity index (χ1) is 8.08. The van der Waals surface area contributed by atoms with Crippen molar-refractivity contribution in [1.29, 1.82) is 0 Å². The van der Waals surface area contributed by atoms with Gasteiger partial charge in [0.25, 0.3) is 0 Å². The van der Waals surface area contributed by atoms with E-state index >= 15 is 0 Å². The number of nitrogens with two attached hydrogens (primary N) is 1. The standard InChI is InChI=1S/C14H21ClN2/c1-10(16)12-6-7-14(13(15)8-12)17(2)9-11-4-3-5-11/h6-8,10-11H,3-5,9,16H2,1-2H3. The molecule has 1 aromatic carbocycles. The fourth-order valence-electron chi connectivity index (χ4n) is 2.28. The molecule has 2 nitrogen and oxygen atoms in total. The van der Waals surface area contributed by atoms with Crippen LogP contribution in [0, 0.1) is 5.92 Å². The Morgan fingerprint density at radius 2 is 2.18 bits per heavy atom. The molecule has 1 aromatic rings. The Morgan fingerprint density at radius 1 is 1.47 bits per heavy atom. The molecule has 3 heteroatoms. The van der Waals surface area contributed by atoms with Gasteiger partial charge in [-0.1, -0.05) is 24.1 Å². The molecule has 0 spiro atoms. The highest BCUT2D eigenvalue weighted by atomic mass is 35.5. The maximum atomic E-state index is 6.32. The van der Waals surface area contributed by atoms with Crippen molar-refractivity contribution in [3.05, 3.63) is 28.8 Å². The topological polar surface area (TPSA) is 29.3 Å². The van der Waals surface area contributed by atoms with Gasteiger partial charge >= 0.3 is 0 Å². The van der Waals surface area contributed by atoms with Crippen molar-refractivity contribution in [2.45, 2.75) is 32.2 Å². The molecule has 1 aliphatic carbocycles. The summed E-state index contributed by atoms with van der Waals surface area (Å²) >= 11 is 6.32. The summed E-state index contributed by atoms with van der Waals surface area (Å²) in [6.07, 6.45) is 4.11. The lowest BCUT2D eigenvalue weighted by Gasteiger charge is -2.31. The summed E-state index contributed by atoms with van der Waals surface area (Å²) in [5.74, 6) is 0.851. The number of hydrogen-bond acceptors (Lipinski definition) is 2. The second-order valence-corrected chi connectivity index (χ2v) is 5.58. The largest absolute Gasteiger partial charge is 0.373 e. The van der Waals surface area contributed by atoms with E-state index in [4.69, 9.17) is 17.3 Å². The van der Waals surface area contributed by atoms with E-state index in [0.717, 1.165) is 28.7 Å². The molecular weight excluding hydrogens is 232 g/mol. The number of hydrogen-bond donors (Lipinski definition) is 1. The summed E-state index contributed by atoms with van der Waals surface area (Å²) in [7, 11) is 2.12. The minimum Gasteiger partial charge on any atom is -0.373 e. The van der Waals surface area contributed by atoms with Crippen LogP contribution in [0.1, 0.15) is 37.8 Å². The lowest BCUT2D eigenvalue weighted by atomic mass is 9.85. The number of rotatable bonds is 4. The first-order valence-corrected chi connectivity index (χ1v) is 6.72. The van der Waals surface area contributed by atoms with Gasteiger partial charge in [0.15, 0.2) is 0 Å². The molecule has 2 N–H and O–H groups in total. The summed E-state index contributed by atoms with van der Waals surface area (Å²) in [5, 5.41) is 0.807. The zero-order valence-electron chi connectivity index (χ0n) is 10.6. The van der Waals surface area contributed by atoms with Crippen molar-refractivity contribution < 1.29 is 0 Å². The maximum Gasteiger partial charge on any atom is 0.0642 e. The lowest BCUT2D eigenvalue weighted by Crippen LogP contribution is -2.29. The Balaban J connectivity index is 2.08. The van der Waals surface area contributed by atoms with Crippen LogP contribution in [0.25, 0.3) is 0 Å². The van der Waals surface area contributed by atoms with Crippen LogP contribution in [0.3, 0.4) is 0 Å². The first kappa shape index (κ1) is 12.7. The van der Waals surface area contributed by atoms with E-state index in [1.807, 2.05) is 13.0 Å². The summed E-state index contributed by atoms with van der Waals surface area (Å²) < 4.78 is 0. The molecule has 1 fully saturated rings. The lowest BCUT2D eigenvalue weighted by molar-refractivity contribution is 0.321. The molecular formula is C14H21ClN2. The first-order valence-electron chi connectivity index (χ1n) is 6.34. The average Bonchev–Trinajstić information content (AvgIpc) is 2.22. The van der Waals surface area contributed by atoms with Gasteiger partial charge in [0.05, 0.1) is 10.7 Å². The Morgan fingerprint density at radius 3 is 2.65 bits per heavy atom. The Labute approximate surface area is 109 Å². The highest BCUT2D eigenvalue weighted by Crippen LogP contribution is 2.32. The third-order valence-electron chi connectivity index (χ3n) is 3.67. The van der Waals surface area contributed by atoms with Crippen molar-refractivity contribution in [1.82, 2.24) is 0 Å². The number of anilines is 1. The monoisotopic (exact) mass is 252 g/mol. The quantitative estimate of drug-likeness (QED) is 0.887. The number of halogens is 1. The Bertz CT molecular complexity index is 386. The van der Waals surface area contributed by atoms with Gasteiger partial charge in [-0.05, 0) is 43.4 Å². The van der Waals surface area contributed by atoms with E-state index < -0.39 is 0 Å². The molecule has 0 saturated heterocycles. The molecule has 0 bridgehead atoms. The normalized spacial score (nSPS) is 17.6. The van der Waals surface area contributed by atoms with Gasteiger partial charge in [-0.25, -0.2) is 0 Å². The molecule has 0 amide bonds. The third-order valence-corrected chi connectivity index (χ3v) is 3.97. The van der Waals surface area contributed by atoms with Gasteiger partial charge in [0.2, 0.25) is 0 Å². The van der Waals surface area contributed by atoms with E-state index in [1.165, 1.54) is 19.3 Å². The van der Waals surface area contributed by atoms with Gasteiger partial charge in [0, 0.05) is 19.6 Å². The molecule has 0 aromatic heterocycles. The van der Waals surface area contributed by atoms with Gasteiger partial charge in [0.1, 0.15) is 0 Å². The van der Waals surface area contributed by atoms with Crippen molar-refractivity contribution in [3.8, 4) is 0 Å². The van der Waals surface area contributed by atoms with E-state index in [2.05, 4.69) is 24.1 Å². The highest BCUT2D eigenvalue weighted by molar-refractivity contribution is 6.33. The van der Waals surface area contributed by atoms with E-state index in [-0.39, 0.29) is 6.04 Å². The zero-order valence-corrected chi connectivity index (χ0v) is 11.4. The second-order valence-electron chi connectivity index (χ2n) is 5.18. The molecule has 0 heterocycles. The molecule has 94 valence electrons. The molecule has 1 saturated carbocycles. The second kappa shape index (κ2) is 5.28. The van der Waals surface area contributed by atoms with Crippen molar-refractivity contribution in [2.24, 2.45) is 11.7 Å². The minimum atomic E-state index is 0.0403. The number of nitrogens with zero attached hydrogens (tertiary/aromatic N) is 1. The van der Waals surface area contributed by atoms with Crippen molar-refractivity contribution >= 4 is 17.3 Å². The Kier molecular flexibility index (Phi) is 3.95. The molecule has 1 aliphatic rings. The van der Waals surface area contributed by atoms with E-state index in [1.54, 1.807) is 0 Å². The van der Waals surface area contributed by atoms with Crippen LogP contribution in [0.4, 0.5) is 5.69 Å². The van der Waals surface area contributed by atoms with Gasteiger partial charge in [-0.15, -0.1) is 0 Å². The SMILES string of the molecule is CC(N)c1ccc(N(C)CC2CCC2)c(Cl)c1. The molecule has 2 rings (SSSR count). The average molecular weight is 253 g/mol. The Hall–Kier alpha value is -0.730. The summed E-state index contributed by atoms with van der Waals surface area (Å²) in [5.41, 5.74) is 8.06. The fourth-order valence-corrected chi connectivity index (χ4v) is 2.61. The van der Waals surface area contributed by atoms with E-state index in [9.17, 15) is 0 Å². The van der Waals surface area contributed by atoms with Gasteiger partial charge in [-0.3, -0.25) is 0 Å². The van der Waals surface area contributed by atoms with E-state index in [0.29, 0.717) is 0 Å². The minimum absolute atomic E-state index is 0.0403. The van der Waals surface area contributed by atoms with Crippen LogP contribution in [0.15, 0.2) is 18.2 Å². The smallest absolute Gasteiger partial charge is 0.0642 e. The molecule has 17 heavy (non-hydrogen) atoms. The summed E-state index contributed by atoms with van der Waals surface area (Å²) in [4.78, 5) is 2.26. The highest BCUT2D eigenvalue weighted by Gasteiger charge is 2.20. The summed E-state index contributed by atoms with van der Waals surface area (Å²) in [6, 6.07) is 6.18. The van der Waals surface area contributed by atoms with Crippen molar-refractivity contribution in [2.75, 3.05) is 18.5 Å². The molecule has 0 aliphatic heterocycles. The van der Waals surface area contributed by atoms with Crippen LogP contribution in [-0.4, -0.2) is 13.6 Å². The maximum absolute atomic E-state index is 6.32. The molecule has 1 unspecified atom stereocenters. The van der Waals surface area contributed by atoms with Crippen LogP contribution in [0.5, 0.6) is 0 Å². The molecule has 1 atom stereocenters. The van der Waals surface area contributed by atoms with Crippen LogP contribution >= 0.6 is 11.6 Å².